The number of rotatable bonds is 2. The minimum atomic E-state index is 0.416. The Morgan fingerprint density at radius 2 is 1.53 bits per heavy atom. The molecule has 2 aliphatic rings. The first-order chi connectivity index (χ1) is 7.18. The lowest BCUT2D eigenvalue weighted by molar-refractivity contribution is -0.128. The van der Waals surface area contributed by atoms with Crippen LogP contribution in [0.3, 0.4) is 0 Å². The second-order valence-corrected chi connectivity index (χ2v) is 5.85. The highest BCUT2D eigenvalue weighted by Gasteiger charge is 2.33. The van der Waals surface area contributed by atoms with Crippen LogP contribution in [0.5, 0.6) is 0 Å². The second kappa shape index (κ2) is 4.67. The highest BCUT2D eigenvalue weighted by Crippen LogP contribution is 2.37. The summed E-state index contributed by atoms with van der Waals surface area (Å²) in [6, 6.07) is 0. The van der Waals surface area contributed by atoms with E-state index in [-0.39, 0.29) is 0 Å². The smallest absolute Gasteiger partial charge is 0.139 e. The van der Waals surface area contributed by atoms with E-state index in [2.05, 4.69) is 13.8 Å². The first kappa shape index (κ1) is 11.2. The maximum absolute atomic E-state index is 12.3. The summed E-state index contributed by atoms with van der Waals surface area (Å²) in [6.07, 6.45) is 8.53. The Morgan fingerprint density at radius 3 is 2.13 bits per heavy atom. The molecule has 0 bridgehead atoms. The fourth-order valence-electron chi connectivity index (χ4n) is 3.35. The molecular formula is C14H24O. The van der Waals surface area contributed by atoms with Gasteiger partial charge in [-0.25, -0.2) is 0 Å². The molecule has 2 aliphatic carbocycles. The third-order valence-electron chi connectivity index (χ3n) is 4.76. The third-order valence-corrected chi connectivity index (χ3v) is 4.76. The van der Waals surface area contributed by atoms with Gasteiger partial charge in [-0.2, -0.15) is 0 Å². The van der Waals surface area contributed by atoms with Crippen molar-refractivity contribution >= 4 is 5.78 Å². The molecule has 3 unspecified atom stereocenters. The zero-order valence-corrected chi connectivity index (χ0v) is 10.2. The van der Waals surface area contributed by atoms with Gasteiger partial charge in [-0.3, -0.25) is 4.79 Å². The largest absolute Gasteiger partial charge is 0.299 e. The quantitative estimate of drug-likeness (QED) is 0.674. The molecule has 0 saturated heterocycles. The number of hydrogen-bond donors (Lipinski definition) is 0. The van der Waals surface area contributed by atoms with Crippen LogP contribution < -0.4 is 0 Å². The number of Topliss-reactive ketones (excluding diaryl/α,β-unsaturated/α-hetero) is 1. The molecule has 0 aliphatic heterocycles. The van der Waals surface area contributed by atoms with Gasteiger partial charge in [0.15, 0.2) is 0 Å². The van der Waals surface area contributed by atoms with E-state index >= 15 is 0 Å². The Morgan fingerprint density at radius 1 is 0.867 bits per heavy atom. The van der Waals surface area contributed by atoms with Crippen molar-refractivity contribution in [1.82, 2.24) is 0 Å². The first-order valence-corrected chi connectivity index (χ1v) is 6.72. The summed E-state index contributed by atoms with van der Waals surface area (Å²) < 4.78 is 0. The molecule has 0 aromatic rings. The van der Waals surface area contributed by atoms with E-state index in [0.717, 1.165) is 18.3 Å². The number of ketones is 1. The number of carbonyl (C=O) groups excluding carboxylic acids is 1. The van der Waals surface area contributed by atoms with E-state index in [4.69, 9.17) is 0 Å². The lowest BCUT2D eigenvalue weighted by Crippen LogP contribution is -2.29. The predicted molar refractivity (Wildman–Crippen MR) is 62.6 cm³/mol. The molecule has 86 valence electrons. The zero-order chi connectivity index (χ0) is 10.8. The van der Waals surface area contributed by atoms with Gasteiger partial charge in [0.25, 0.3) is 0 Å². The van der Waals surface area contributed by atoms with Crippen LogP contribution in [0.1, 0.15) is 58.8 Å². The van der Waals surface area contributed by atoms with E-state index in [9.17, 15) is 4.79 Å². The molecule has 2 fully saturated rings. The minimum Gasteiger partial charge on any atom is -0.299 e. The van der Waals surface area contributed by atoms with Crippen molar-refractivity contribution in [3.63, 3.8) is 0 Å². The molecule has 0 aromatic heterocycles. The van der Waals surface area contributed by atoms with Crippen LogP contribution in [0.4, 0.5) is 0 Å². The van der Waals surface area contributed by atoms with Gasteiger partial charge in [0.05, 0.1) is 0 Å². The maximum atomic E-state index is 12.3. The summed E-state index contributed by atoms with van der Waals surface area (Å²) in [5, 5.41) is 0. The molecule has 15 heavy (non-hydrogen) atoms. The van der Waals surface area contributed by atoms with Crippen molar-refractivity contribution in [2.45, 2.75) is 58.8 Å². The van der Waals surface area contributed by atoms with Crippen molar-refractivity contribution in [3.05, 3.63) is 0 Å². The normalized spacial score (nSPS) is 38.1. The van der Waals surface area contributed by atoms with Gasteiger partial charge in [-0.1, -0.05) is 26.7 Å². The van der Waals surface area contributed by atoms with Crippen molar-refractivity contribution < 1.29 is 4.79 Å². The van der Waals surface area contributed by atoms with Crippen LogP contribution in [0.25, 0.3) is 0 Å². The average molecular weight is 208 g/mol. The van der Waals surface area contributed by atoms with Gasteiger partial charge in [0.1, 0.15) is 5.78 Å². The molecule has 1 heteroatoms. The summed E-state index contributed by atoms with van der Waals surface area (Å²) in [7, 11) is 0. The standard InChI is InChI=1S/C14H24O/c1-10-7-8-13(9-11(10)2)14(15)12-5-3-4-6-12/h10-13H,3-9H2,1-2H3. The first-order valence-electron chi connectivity index (χ1n) is 6.72. The van der Waals surface area contributed by atoms with Crippen molar-refractivity contribution in [3.8, 4) is 0 Å². The number of carbonyl (C=O) groups is 1. The molecule has 0 spiro atoms. The van der Waals surface area contributed by atoms with E-state index in [0.29, 0.717) is 17.6 Å². The van der Waals surface area contributed by atoms with Gasteiger partial charge in [0, 0.05) is 11.8 Å². The Balaban J connectivity index is 1.90. The lowest BCUT2D eigenvalue weighted by Gasteiger charge is -2.32. The molecule has 2 saturated carbocycles. The average Bonchev–Trinajstić information content (AvgIpc) is 2.74. The fourth-order valence-corrected chi connectivity index (χ4v) is 3.35. The predicted octanol–water partition coefficient (Wildman–Crippen LogP) is 3.82. The van der Waals surface area contributed by atoms with Crippen molar-refractivity contribution in [1.29, 1.82) is 0 Å². The molecule has 0 aromatic carbocycles. The molecule has 2 rings (SSSR count). The van der Waals surface area contributed by atoms with Gasteiger partial charge < -0.3 is 0 Å². The minimum absolute atomic E-state index is 0.416. The summed E-state index contributed by atoms with van der Waals surface area (Å²) in [5.74, 6) is 3.06. The van der Waals surface area contributed by atoms with Gasteiger partial charge in [-0.15, -0.1) is 0 Å². The van der Waals surface area contributed by atoms with Crippen molar-refractivity contribution in [2.75, 3.05) is 0 Å². The SMILES string of the molecule is CC1CCC(C(=O)C2CCCC2)CC1C. The van der Waals surface area contributed by atoms with Crippen LogP contribution in [0.2, 0.25) is 0 Å². The Kier molecular flexibility index (Phi) is 3.48. The molecule has 0 radical (unpaired) electrons. The second-order valence-electron chi connectivity index (χ2n) is 5.85. The highest BCUT2D eigenvalue weighted by atomic mass is 16.1. The van der Waals surface area contributed by atoms with Gasteiger partial charge >= 0.3 is 0 Å². The molecule has 0 amide bonds. The van der Waals surface area contributed by atoms with Crippen LogP contribution >= 0.6 is 0 Å². The Bertz CT molecular complexity index is 227. The fraction of sp³-hybridized carbons (Fsp3) is 0.929. The molecule has 0 N–H and O–H groups in total. The molecule has 3 atom stereocenters. The van der Waals surface area contributed by atoms with E-state index < -0.39 is 0 Å². The van der Waals surface area contributed by atoms with Crippen LogP contribution in [0.15, 0.2) is 0 Å². The van der Waals surface area contributed by atoms with Crippen LogP contribution in [0, 0.1) is 23.7 Å². The monoisotopic (exact) mass is 208 g/mol. The van der Waals surface area contributed by atoms with Gasteiger partial charge in [0.2, 0.25) is 0 Å². The van der Waals surface area contributed by atoms with Gasteiger partial charge in [-0.05, 0) is 43.9 Å². The Labute approximate surface area is 93.6 Å². The summed E-state index contributed by atoms with van der Waals surface area (Å²) in [4.78, 5) is 12.3. The Hall–Kier alpha value is -0.330. The molecular weight excluding hydrogens is 184 g/mol. The molecule has 1 nitrogen and oxygen atoms in total. The highest BCUT2D eigenvalue weighted by molar-refractivity contribution is 5.83. The lowest BCUT2D eigenvalue weighted by atomic mass is 9.72. The zero-order valence-electron chi connectivity index (χ0n) is 10.2. The van der Waals surface area contributed by atoms with E-state index in [1.165, 1.54) is 38.5 Å². The third kappa shape index (κ3) is 2.43. The molecule has 0 heterocycles. The summed E-state index contributed by atoms with van der Waals surface area (Å²) in [6.45, 7) is 4.65. The van der Waals surface area contributed by atoms with E-state index in [1.54, 1.807) is 0 Å². The summed E-state index contributed by atoms with van der Waals surface area (Å²) in [5.41, 5.74) is 0. The van der Waals surface area contributed by atoms with Crippen LogP contribution in [-0.2, 0) is 4.79 Å². The maximum Gasteiger partial charge on any atom is 0.139 e. The van der Waals surface area contributed by atoms with E-state index in [1.807, 2.05) is 0 Å². The number of hydrogen-bond acceptors (Lipinski definition) is 1. The summed E-state index contributed by atoms with van der Waals surface area (Å²) >= 11 is 0. The van der Waals surface area contributed by atoms with Crippen LogP contribution in [-0.4, -0.2) is 5.78 Å². The van der Waals surface area contributed by atoms with Crippen molar-refractivity contribution in [2.24, 2.45) is 23.7 Å². The topological polar surface area (TPSA) is 17.1 Å².